The summed E-state index contributed by atoms with van der Waals surface area (Å²) in [5.41, 5.74) is 2.69. The quantitative estimate of drug-likeness (QED) is 0.833. The summed E-state index contributed by atoms with van der Waals surface area (Å²) in [6, 6.07) is 7.67. The molecular formula is C14H19N5O. The molecule has 1 aromatic carbocycles. The lowest BCUT2D eigenvalue weighted by atomic mass is 10.2. The first-order chi connectivity index (χ1) is 9.69. The van der Waals surface area contributed by atoms with E-state index < -0.39 is 0 Å². The maximum absolute atomic E-state index is 11.9. The lowest BCUT2D eigenvalue weighted by Crippen LogP contribution is -2.19. The van der Waals surface area contributed by atoms with E-state index >= 15 is 0 Å². The Labute approximate surface area is 118 Å². The minimum atomic E-state index is -0.112. The number of hydrogen-bond donors (Lipinski definition) is 2. The third-order valence-electron chi connectivity index (χ3n) is 2.87. The summed E-state index contributed by atoms with van der Waals surface area (Å²) < 4.78 is 1.54. The van der Waals surface area contributed by atoms with Crippen LogP contribution in [0.1, 0.15) is 18.2 Å². The zero-order chi connectivity index (χ0) is 14.4. The molecule has 1 heterocycles. The second-order valence-electron chi connectivity index (χ2n) is 4.55. The van der Waals surface area contributed by atoms with E-state index in [1.807, 2.05) is 38.1 Å². The Kier molecular flexibility index (Phi) is 4.84. The zero-order valence-electron chi connectivity index (χ0n) is 11.8. The minimum Gasteiger partial charge on any atom is -0.324 e. The van der Waals surface area contributed by atoms with Crippen LogP contribution >= 0.6 is 0 Å². The third-order valence-corrected chi connectivity index (χ3v) is 2.87. The van der Waals surface area contributed by atoms with Crippen molar-refractivity contribution in [1.82, 2.24) is 20.3 Å². The molecule has 0 unspecified atom stereocenters. The van der Waals surface area contributed by atoms with Gasteiger partial charge in [0.15, 0.2) is 0 Å². The van der Waals surface area contributed by atoms with Crippen LogP contribution in [-0.2, 0) is 17.9 Å². The molecule has 1 aromatic heterocycles. The van der Waals surface area contributed by atoms with Crippen molar-refractivity contribution >= 4 is 11.6 Å². The van der Waals surface area contributed by atoms with Crippen molar-refractivity contribution < 1.29 is 4.79 Å². The van der Waals surface area contributed by atoms with E-state index in [4.69, 9.17) is 0 Å². The minimum absolute atomic E-state index is 0.112. The lowest BCUT2D eigenvalue weighted by Gasteiger charge is -2.07. The van der Waals surface area contributed by atoms with Crippen molar-refractivity contribution in [2.24, 2.45) is 0 Å². The van der Waals surface area contributed by atoms with Crippen molar-refractivity contribution in [2.45, 2.75) is 26.9 Å². The van der Waals surface area contributed by atoms with Crippen molar-refractivity contribution in [3.05, 3.63) is 41.7 Å². The average Bonchev–Trinajstić information content (AvgIpc) is 2.86. The molecule has 0 saturated carbocycles. The molecular weight excluding hydrogens is 254 g/mol. The van der Waals surface area contributed by atoms with Gasteiger partial charge in [-0.2, -0.15) is 0 Å². The van der Waals surface area contributed by atoms with Crippen molar-refractivity contribution in [1.29, 1.82) is 0 Å². The Balaban J connectivity index is 1.91. The summed E-state index contributed by atoms with van der Waals surface area (Å²) >= 11 is 0. The van der Waals surface area contributed by atoms with Gasteiger partial charge in [-0.3, -0.25) is 4.79 Å². The first-order valence-electron chi connectivity index (χ1n) is 6.64. The Hall–Kier alpha value is -2.21. The summed E-state index contributed by atoms with van der Waals surface area (Å²) in [5.74, 6) is -0.112. The second kappa shape index (κ2) is 6.81. The Morgan fingerprint density at radius 3 is 2.90 bits per heavy atom. The van der Waals surface area contributed by atoms with Gasteiger partial charge in [-0.25, -0.2) is 4.68 Å². The van der Waals surface area contributed by atoms with Gasteiger partial charge in [-0.05, 0) is 25.1 Å². The molecule has 0 aliphatic heterocycles. The van der Waals surface area contributed by atoms with E-state index in [2.05, 4.69) is 20.9 Å². The van der Waals surface area contributed by atoms with Gasteiger partial charge in [0, 0.05) is 12.2 Å². The average molecular weight is 273 g/mol. The van der Waals surface area contributed by atoms with Crippen LogP contribution in [0.15, 0.2) is 30.5 Å². The molecule has 20 heavy (non-hydrogen) atoms. The van der Waals surface area contributed by atoms with Crippen LogP contribution in [0.25, 0.3) is 0 Å². The molecule has 6 heteroatoms. The van der Waals surface area contributed by atoms with Gasteiger partial charge >= 0.3 is 0 Å². The van der Waals surface area contributed by atoms with Crippen molar-refractivity contribution in [3.63, 3.8) is 0 Å². The SMILES string of the molecule is CCNCc1cn(CC(=O)Nc2ccccc2C)nn1. The first-order valence-corrected chi connectivity index (χ1v) is 6.64. The number of nitrogens with one attached hydrogen (secondary N) is 2. The number of carbonyl (C=O) groups is 1. The Morgan fingerprint density at radius 2 is 2.15 bits per heavy atom. The number of rotatable bonds is 6. The molecule has 0 aliphatic rings. The van der Waals surface area contributed by atoms with Crippen LogP contribution in [0.3, 0.4) is 0 Å². The van der Waals surface area contributed by atoms with Gasteiger partial charge in [0.2, 0.25) is 5.91 Å². The fourth-order valence-corrected chi connectivity index (χ4v) is 1.80. The number of benzene rings is 1. The fourth-order valence-electron chi connectivity index (χ4n) is 1.80. The van der Waals surface area contributed by atoms with Gasteiger partial charge in [0.1, 0.15) is 6.54 Å². The molecule has 6 nitrogen and oxygen atoms in total. The molecule has 0 fully saturated rings. The van der Waals surface area contributed by atoms with E-state index in [1.165, 1.54) is 0 Å². The van der Waals surface area contributed by atoms with Crippen LogP contribution in [0, 0.1) is 6.92 Å². The van der Waals surface area contributed by atoms with Gasteiger partial charge in [-0.1, -0.05) is 30.3 Å². The number of anilines is 1. The molecule has 0 bridgehead atoms. The highest BCUT2D eigenvalue weighted by Crippen LogP contribution is 2.12. The number of nitrogens with zero attached hydrogens (tertiary/aromatic N) is 3. The molecule has 0 aliphatic carbocycles. The monoisotopic (exact) mass is 273 g/mol. The Morgan fingerprint density at radius 1 is 1.35 bits per heavy atom. The number of carbonyl (C=O) groups excluding carboxylic acids is 1. The van der Waals surface area contributed by atoms with Gasteiger partial charge in [-0.15, -0.1) is 5.10 Å². The number of para-hydroxylation sites is 1. The summed E-state index contributed by atoms with van der Waals surface area (Å²) in [7, 11) is 0. The van der Waals surface area contributed by atoms with Gasteiger partial charge in [0.25, 0.3) is 0 Å². The maximum atomic E-state index is 11.9. The molecule has 2 rings (SSSR count). The van der Waals surface area contributed by atoms with Gasteiger partial charge in [0.05, 0.1) is 11.9 Å². The smallest absolute Gasteiger partial charge is 0.246 e. The number of amides is 1. The van der Waals surface area contributed by atoms with Crippen LogP contribution in [0.2, 0.25) is 0 Å². The largest absolute Gasteiger partial charge is 0.324 e. The molecule has 0 radical (unpaired) electrons. The van der Waals surface area contributed by atoms with Crippen LogP contribution in [-0.4, -0.2) is 27.4 Å². The fraction of sp³-hybridized carbons (Fsp3) is 0.357. The molecule has 0 saturated heterocycles. The van der Waals surface area contributed by atoms with E-state index in [1.54, 1.807) is 10.9 Å². The lowest BCUT2D eigenvalue weighted by molar-refractivity contribution is -0.116. The topological polar surface area (TPSA) is 71.8 Å². The normalized spacial score (nSPS) is 10.5. The summed E-state index contributed by atoms with van der Waals surface area (Å²) in [5, 5.41) is 14.0. The molecule has 2 N–H and O–H groups in total. The van der Waals surface area contributed by atoms with E-state index in [9.17, 15) is 4.79 Å². The predicted octanol–water partition coefficient (Wildman–Crippen LogP) is 1.33. The van der Waals surface area contributed by atoms with Crippen LogP contribution < -0.4 is 10.6 Å². The van der Waals surface area contributed by atoms with Crippen LogP contribution in [0.4, 0.5) is 5.69 Å². The third kappa shape index (κ3) is 3.89. The zero-order valence-corrected chi connectivity index (χ0v) is 11.8. The van der Waals surface area contributed by atoms with E-state index in [0.29, 0.717) is 6.54 Å². The molecule has 2 aromatic rings. The Bertz CT molecular complexity index is 578. The van der Waals surface area contributed by atoms with E-state index in [0.717, 1.165) is 23.5 Å². The second-order valence-corrected chi connectivity index (χ2v) is 4.55. The first kappa shape index (κ1) is 14.2. The highest BCUT2D eigenvalue weighted by molar-refractivity contribution is 5.91. The number of hydrogen-bond acceptors (Lipinski definition) is 4. The van der Waals surface area contributed by atoms with E-state index in [-0.39, 0.29) is 12.5 Å². The van der Waals surface area contributed by atoms with Gasteiger partial charge < -0.3 is 10.6 Å². The molecule has 106 valence electrons. The molecule has 0 spiro atoms. The molecule has 1 amide bonds. The number of aromatic nitrogens is 3. The number of aryl methyl sites for hydroxylation is 1. The van der Waals surface area contributed by atoms with Crippen LogP contribution in [0.5, 0.6) is 0 Å². The summed E-state index contributed by atoms with van der Waals surface area (Å²) in [6.45, 7) is 5.68. The predicted molar refractivity (Wildman–Crippen MR) is 77.2 cm³/mol. The highest BCUT2D eigenvalue weighted by atomic mass is 16.2. The highest BCUT2D eigenvalue weighted by Gasteiger charge is 2.07. The summed E-state index contributed by atoms with van der Waals surface area (Å²) in [6.07, 6.45) is 1.78. The summed E-state index contributed by atoms with van der Waals surface area (Å²) in [4.78, 5) is 11.9. The maximum Gasteiger partial charge on any atom is 0.246 e. The molecule has 0 atom stereocenters. The van der Waals surface area contributed by atoms with Crippen molar-refractivity contribution in [3.8, 4) is 0 Å². The van der Waals surface area contributed by atoms with Crippen molar-refractivity contribution in [2.75, 3.05) is 11.9 Å². The standard InChI is InChI=1S/C14H19N5O/c1-3-15-8-12-9-19(18-17-12)10-14(20)16-13-7-5-4-6-11(13)2/h4-7,9,15H,3,8,10H2,1-2H3,(H,16,20).